The summed E-state index contributed by atoms with van der Waals surface area (Å²) < 4.78 is 13.6. The summed E-state index contributed by atoms with van der Waals surface area (Å²) in [5, 5.41) is 22.5. The number of anilines is 1. The number of carboxylic acids is 1. The van der Waals surface area contributed by atoms with Gasteiger partial charge in [0.2, 0.25) is 0 Å². The summed E-state index contributed by atoms with van der Waals surface area (Å²) >= 11 is 0. The SMILES string of the molecule is CC(C)(C)CCNc1cc(F)c(C(=O)O)cc1[N+](=O)[O-]. The predicted octanol–water partition coefficient (Wildman–Crippen LogP) is 3.28. The van der Waals surface area contributed by atoms with E-state index in [2.05, 4.69) is 5.32 Å². The topological polar surface area (TPSA) is 92.5 Å². The number of carboxylic acid groups (broad SMARTS) is 1. The first-order chi connectivity index (χ1) is 9.11. The van der Waals surface area contributed by atoms with Gasteiger partial charge in [-0.1, -0.05) is 20.8 Å². The fourth-order valence-electron chi connectivity index (χ4n) is 1.59. The smallest absolute Gasteiger partial charge is 0.338 e. The molecule has 1 aromatic carbocycles. The summed E-state index contributed by atoms with van der Waals surface area (Å²) in [6.07, 6.45) is 0.729. The molecule has 110 valence electrons. The number of nitrogens with one attached hydrogen (secondary N) is 1. The number of nitro benzene ring substituents is 1. The van der Waals surface area contributed by atoms with Crippen LogP contribution in [0.3, 0.4) is 0 Å². The first-order valence-electron chi connectivity index (χ1n) is 6.07. The molecule has 0 bridgehead atoms. The Hall–Kier alpha value is -2.18. The summed E-state index contributed by atoms with van der Waals surface area (Å²) in [5.41, 5.74) is -1.14. The van der Waals surface area contributed by atoms with Crippen LogP contribution in [-0.2, 0) is 0 Å². The lowest BCUT2D eigenvalue weighted by molar-refractivity contribution is -0.384. The van der Waals surface area contributed by atoms with Crippen LogP contribution in [-0.4, -0.2) is 22.5 Å². The maximum Gasteiger partial charge on any atom is 0.338 e. The molecular weight excluding hydrogens is 267 g/mol. The Bertz CT molecular complexity index is 538. The highest BCUT2D eigenvalue weighted by Crippen LogP contribution is 2.28. The van der Waals surface area contributed by atoms with Gasteiger partial charge in [-0.3, -0.25) is 10.1 Å². The molecule has 0 aromatic heterocycles. The zero-order valence-electron chi connectivity index (χ0n) is 11.6. The van der Waals surface area contributed by atoms with Crippen LogP contribution in [0.1, 0.15) is 37.6 Å². The molecule has 0 aliphatic carbocycles. The first kappa shape index (κ1) is 15.9. The zero-order valence-corrected chi connectivity index (χ0v) is 11.6. The quantitative estimate of drug-likeness (QED) is 0.639. The fraction of sp³-hybridized carbons (Fsp3) is 0.462. The van der Waals surface area contributed by atoms with E-state index in [0.717, 1.165) is 18.6 Å². The average molecular weight is 284 g/mol. The summed E-state index contributed by atoms with van der Waals surface area (Å²) in [5.74, 6) is -2.53. The van der Waals surface area contributed by atoms with E-state index in [0.29, 0.717) is 6.54 Å². The number of carbonyl (C=O) groups is 1. The van der Waals surface area contributed by atoms with Gasteiger partial charge >= 0.3 is 5.97 Å². The summed E-state index contributed by atoms with van der Waals surface area (Å²) in [7, 11) is 0. The van der Waals surface area contributed by atoms with Crippen LogP contribution in [0.15, 0.2) is 12.1 Å². The fourth-order valence-corrected chi connectivity index (χ4v) is 1.59. The number of benzene rings is 1. The van der Waals surface area contributed by atoms with Crippen molar-refractivity contribution in [1.82, 2.24) is 0 Å². The third kappa shape index (κ3) is 4.18. The molecule has 0 aliphatic rings. The Labute approximate surface area is 115 Å². The van der Waals surface area contributed by atoms with Gasteiger partial charge in [0.15, 0.2) is 0 Å². The summed E-state index contributed by atoms with van der Waals surface area (Å²) in [4.78, 5) is 21.0. The zero-order chi connectivity index (χ0) is 15.5. The van der Waals surface area contributed by atoms with Crippen molar-refractivity contribution in [2.45, 2.75) is 27.2 Å². The Balaban J connectivity index is 3.03. The monoisotopic (exact) mass is 284 g/mol. The van der Waals surface area contributed by atoms with Gasteiger partial charge in [0.1, 0.15) is 17.1 Å². The standard InChI is InChI=1S/C13H17FN2O4/c1-13(2,3)4-5-15-10-7-9(14)8(12(17)18)6-11(10)16(19)20/h6-7,15H,4-5H2,1-3H3,(H,17,18). The van der Waals surface area contributed by atoms with E-state index in [-0.39, 0.29) is 11.1 Å². The van der Waals surface area contributed by atoms with Gasteiger partial charge < -0.3 is 10.4 Å². The van der Waals surface area contributed by atoms with Gasteiger partial charge in [0.05, 0.1) is 4.92 Å². The van der Waals surface area contributed by atoms with E-state index in [1.54, 1.807) is 0 Å². The Morgan fingerprint density at radius 3 is 2.50 bits per heavy atom. The van der Waals surface area contributed by atoms with Crippen LogP contribution in [0.2, 0.25) is 0 Å². The minimum Gasteiger partial charge on any atom is -0.478 e. The lowest BCUT2D eigenvalue weighted by atomic mass is 9.92. The number of nitrogens with zero attached hydrogens (tertiary/aromatic N) is 1. The van der Waals surface area contributed by atoms with Crippen molar-refractivity contribution >= 4 is 17.3 Å². The molecule has 2 N–H and O–H groups in total. The van der Waals surface area contributed by atoms with E-state index in [1.165, 1.54) is 0 Å². The Morgan fingerprint density at radius 1 is 1.45 bits per heavy atom. The molecule has 20 heavy (non-hydrogen) atoms. The second-order valence-corrected chi connectivity index (χ2v) is 5.65. The van der Waals surface area contributed by atoms with Crippen molar-refractivity contribution in [3.05, 3.63) is 33.6 Å². The van der Waals surface area contributed by atoms with Crippen LogP contribution in [0.5, 0.6) is 0 Å². The van der Waals surface area contributed by atoms with Crippen LogP contribution < -0.4 is 5.32 Å². The molecule has 0 heterocycles. The molecule has 1 aromatic rings. The van der Waals surface area contributed by atoms with Crippen molar-refractivity contribution in [3.63, 3.8) is 0 Å². The van der Waals surface area contributed by atoms with E-state index < -0.39 is 28.0 Å². The minimum atomic E-state index is -1.54. The molecule has 0 saturated carbocycles. The molecular formula is C13H17FN2O4. The van der Waals surface area contributed by atoms with E-state index in [9.17, 15) is 19.3 Å². The number of hydrogen-bond donors (Lipinski definition) is 2. The molecule has 0 atom stereocenters. The Kier molecular flexibility index (Phi) is 4.65. The largest absolute Gasteiger partial charge is 0.478 e. The van der Waals surface area contributed by atoms with Crippen LogP contribution >= 0.6 is 0 Å². The molecule has 0 aliphatic heterocycles. The van der Waals surface area contributed by atoms with Crippen LogP contribution in [0, 0.1) is 21.3 Å². The third-order valence-electron chi connectivity index (χ3n) is 2.70. The molecule has 0 spiro atoms. The van der Waals surface area contributed by atoms with Gasteiger partial charge in [-0.15, -0.1) is 0 Å². The van der Waals surface area contributed by atoms with Crippen molar-refractivity contribution in [3.8, 4) is 0 Å². The van der Waals surface area contributed by atoms with Gasteiger partial charge in [0.25, 0.3) is 5.69 Å². The summed E-state index contributed by atoms with van der Waals surface area (Å²) in [6, 6.07) is 1.58. The second-order valence-electron chi connectivity index (χ2n) is 5.65. The first-order valence-corrected chi connectivity index (χ1v) is 6.07. The second kappa shape index (κ2) is 5.85. The molecule has 0 fully saturated rings. The molecule has 1 rings (SSSR count). The van der Waals surface area contributed by atoms with Crippen LogP contribution in [0.4, 0.5) is 15.8 Å². The lowest BCUT2D eigenvalue weighted by Gasteiger charge is -2.18. The maximum atomic E-state index is 13.6. The van der Waals surface area contributed by atoms with E-state index >= 15 is 0 Å². The number of hydrogen-bond acceptors (Lipinski definition) is 4. The maximum absolute atomic E-state index is 13.6. The number of rotatable bonds is 5. The number of aromatic carboxylic acids is 1. The highest BCUT2D eigenvalue weighted by molar-refractivity contribution is 5.90. The average Bonchev–Trinajstić information content (AvgIpc) is 2.26. The van der Waals surface area contributed by atoms with Gasteiger partial charge in [0, 0.05) is 18.7 Å². The van der Waals surface area contributed by atoms with Crippen molar-refractivity contribution in [2.75, 3.05) is 11.9 Å². The molecule has 0 saturated heterocycles. The molecule has 0 amide bonds. The molecule has 6 nitrogen and oxygen atoms in total. The van der Waals surface area contributed by atoms with Crippen molar-refractivity contribution in [1.29, 1.82) is 0 Å². The highest BCUT2D eigenvalue weighted by Gasteiger charge is 2.22. The minimum absolute atomic E-state index is 0.0123. The number of halogens is 1. The lowest BCUT2D eigenvalue weighted by Crippen LogP contribution is -2.14. The van der Waals surface area contributed by atoms with Crippen molar-refractivity contribution in [2.24, 2.45) is 5.41 Å². The van der Waals surface area contributed by atoms with Gasteiger partial charge in [-0.05, 0) is 11.8 Å². The van der Waals surface area contributed by atoms with E-state index in [4.69, 9.17) is 5.11 Å². The van der Waals surface area contributed by atoms with Crippen molar-refractivity contribution < 1.29 is 19.2 Å². The molecule has 0 radical (unpaired) electrons. The predicted molar refractivity (Wildman–Crippen MR) is 72.6 cm³/mol. The summed E-state index contributed by atoms with van der Waals surface area (Å²) in [6.45, 7) is 6.46. The van der Waals surface area contributed by atoms with Gasteiger partial charge in [-0.25, -0.2) is 9.18 Å². The highest BCUT2D eigenvalue weighted by atomic mass is 19.1. The normalized spacial score (nSPS) is 11.2. The molecule has 0 unspecified atom stereocenters. The molecule has 7 heteroatoms. The third-order valence-corrected chi connectivity index (χ3v) is 2.70. The van der Waals surface area contributed by atoms with E-state index in [1.807, 2.05) is 20.8 Å². The number of nitro groups is 1. The Morgan fingerprint density at radius 2 is 2.05 bits per heavy atom. The van der Waals surface area contributed by atoms with Gasteiger partial charge in [-0.2, -0.15) is 0 Å². The van der Waals surface area contributed by atoms with Crippen LogP contribution in [0.25, 0.3) is 0 Å².